The van der Waals surface area contributed by atoms with Crippen molar-refractivity contribution in [2.75, 3.05) is 11.1 Å². The van der Waals surface area contributed by atoms with Gasteiger partial charge in [-0.3, -0.25) is 0 Å². The Kier molecular flexibility index (Phi) is 5.16. The third-order valence-electron chi connectivity index (χ3n) is 5.19. The zero-order chi connectivity index (χ0) is 19.5. The summed E-state index contributed by atoms with van der Waals surface area (Å²) in [6.07, 6.45) is 3.38. The molecule has 0 saturated heterocycles. The summed E-state index contributed by atoms with van der Waals surface area (Å²) in [5.74, 6) is 0. The number of hydrogen-bond acceptors (Lipinski definition) is 3. The number of nitrogen functional groups attached to an aromatic ring is 1. The molecule has 0 spiro atoms. The lowest BCUT2D eigenvalue weighted by molar-refractivity contribution is 0.912. The Morgan fingerprint density at radius 2 is 1.50 bits per heavy atom. The molecule has 1 aromatic heterocycles. The molecule has 3 N–H and O–H groups in total. The minimum Gasteiger partial charge on any atom is -0.399 e. The minimum absolute atomic E-state index is 0.743. The Bertz CT molecular complexity index is 1130. The van der Waals surface area contributed by atoms with E-state index in [9.17, 15) is 0 Å². The second-order valence-electron chi connectivity index (χ2n) is 7.46. The van der Waals surface area contributed by atoms with E-state index in [4.69, 9.17) is 10.7 Å². The molecular formula is C25H27N3. The predicted molar refractivity (Wildman–Crippen MR) is 121 cm³/mol. The summed E-state index contributed by atoms with van der Waals surface area (Å²) in [6.45, 7) is 5.26. The summed E-state index contributed by atoms with van der Waals surface area (Å²) in [5, 5.41) is 5.82. The molecule has 0 unspecified atom stereocenters. The Morgan fingerprint density at radius 1 is 0.786 bits per heavy atom. The van der Waals surface area contributed by atoms with Crippen molar-refractivity contribution in [3.8, 4) is 0 Å². The molecule has 3 aromatic carbocycles. The van der Waals surface area contributed by atoms with Crippen LogP contribution in [0.5, 0.6) is 0 Å². The van der Waals surface area contributed by atoms with E-state index in [0.717, 1.165) is 52.6 Å². The maximum Gasteiger partial charge on any atom is 0.0730 e. The normalized spacial score (nSPS) is 11.2. The van der Waals surface area contributed by atoms with Crippen molar-refractivity contribution in [2.45, 2.75) is 39.7 Å². The van der Waals surface area contributed by atoms with E-state index in [1.165, 1.54) is 23.1 Å². The third-order valence-corrected chi connectivity index (χ3v) is 5.19. The van der Waals surface area contributed by atoms with Gasteiger partial charge < -0.3 is 11.1 Å². The van der Waals surface area contributed by atoms with Crippen LogP contribution in [0.15, 0.2) is 60.7 Å². The SMILES string of the molecule is CCCc1cc(CC)cc(CNc2ccc3cc4ccc(N)cc4nc3c2)c1. The van der Waals surface area contributed by atoms with E-state index in [0.29, 0.717) is 0 Å². The first-order valence-corrected chi connectivity index (χ1v) is 10.1. The number of rotatable bonds is 6. The van der Waals surface area contributed by atoms with Gasteiger partial charge in [0, 0.05) is 28.7 Å². The first kappa shape index (κ1) is 18.3. The van der Waals surface area contributed by atoms with E-state index in [1.54, 1.807) is 0 Å². The molecule has 28 heavy (non-hydrogen) atoms. The first-order valence-electron chi connectivity index (χ1n) is 10.1. The highest BCUT2D eigenvalue weighted by molar-refractivity contribution is 5.94. The molecule has 4 aromatic rings. The molecule has 0 atom stereocenters. The van der Waals surface area contributed by atoms with Crippen LogP contribution in [0.3, 0.4) is 0 Å². The molecule has 4 rings (SSSR count). The van der Waals surface area contributed by atoms with Crippen molar-refractivity contribution in [1.82, 2.24) is 4.98 Å². The zero-order valence-electron chi connectivity index (χ0n) is 16.6. The molecule has 0 fully saturated rings. The molecule has 1 heterocycles. The van der Waals surface area contributed by atoms with Crippen molar-refractivity contribution >= 4 is 33.2 Å². The molecule has 0 aliphatic carbocycles. The first-order chi connectivity index (χ1) is 13.6. The van der Waals surface area contributed by atoms with Gasteiger partial charge in [-0.05, 0) is 59.9 Å². The van der Waals surface area contributed by atoms with E-state index in [1.807, 2.05) is 18.2 Å². The van der Waals surface area contributed by atoms with Crippen LogP contribution in [0.2, 0.25) is 0 Å². The van der Waals surface area contributed by atoms with Gasteiger partial charge in [-0.25, -0.2) is 4.98 Å². The van der Waals surface area contributed by atoms with Crippen molar-refractivity contribution in [3.63, 3.8) is 0 Å². The summed E-state index contributed by atoms with van der Waals surface area (Å²) >= 11 is 0. The Morgan fingerprint density at radius 3 is 2.29 bits per heavy atom. The highest BCUT2D eigenvalue weighted by Gasteiger charge is 2.04. The molecular weight excluding hydrogens is 342 g/mol. The van der Waals surface area contributed by atoms with Gasteiger partial charge in [0.25, 0.3) is 0 Å². The van der Waals surface area contributed by atoms with Crippen LogP contribution in [0.4, 0.5) is 11.4 Å². The van der Waals surface area contributed by atoms with Gasteiger partial charge >= 0.3 is 0 Å². The molecule has 0 aliphatic rings. The van der Waals surface area contributed by atoms with Crippen molar-refractivity contribution in [2.24, 2.45) is 0 Å². The minimum atomic E-state index is 0.743. The maximum atomic E-state index is 5.91. The number of pyridine rings is 1. The number of nitrogens with two attached hydrogens (primary N) is 1. The number of aromatic nitrogens is 1. The zero-order valence-corrected chi connectivity index (χ0v) is 16.6. The number of nitrogens with one attached hydrogen (secondary N) is 1. The van der Waals surface area contributed by atoms with Crippen LogP contribution in [0.1, 0.15) is 37.0 Å². The topological polar surface area (TPSA) is 50.9 Å². The van der Waals surface area contributed by atoms with Crippen LogP contribution in [0, 0.1) is 0 Å². The van der Waals surface area contributed by atoms with Gasteiger partial charge in [-0.2, -0.15) is 0 Å². The van der Waals surface area contributed by atoms with Crippen LogP contribution in [-0.4, -0.2) is 4.98 Å². The van der Waals surface area contributed by atoms with Crippen LogP contribution in [-0.2, 0) is 19.4 Å². The molecule has 3 heteroatoms. The molecule has 142 valence electrons. The lowest BCUT2D eigenvalue weighted by atomic mass is 10.0. The monoisotopic (exact) mass is 369 g/mol. The number of benzene rings is 3. The molecule has 0 saturated carbocycles. The summed E-state index contributed by atoms with van der Waals surface area (Å²) in [5.41, 5.74) is 13.8. The second-order valence-corrected chi connectivity index (χ2v) is 7.46. The average molecular weight is 370 g/mol. The molecule has 3 nitrogen and oxygen atoms in total. The summed E-state index contributed by atoms with van der Waals surface area (Å²) in [6, 6.07) is 21.4. The van der Waals surface area contributed by atoms with Gasteiger partial charge in [-0.1, -0.05) is 50.6 Å². The lowest BCUT2D eigenvalue weighted by Gasteiger charge is -2.11. The largest absolute Gasteiger partial charge is 0.399 e. The highest BCUT2D eigenvalue weighted by atomic mass is 14.9. The fourth-order valence-corrected chi connectivity index (χ4v) is 3.73. The van der Waals surface area contributed by atoms with Crippen molar-refractivity contribution in [3.05, 3.63) is 77.4 Å². The Hall–Kier alpha value is -3.07. The predicted octanol–water partition coefficient (Wildman–Crippen LogP) is 6.10. The van der Waals surface area contributed by atoms with E-state index in [2.05, 4.69) is 61.6 Å². The summed E-state index contributed by atoms with van der Waals surface area (Å²) in [7, 11) is 0. The second kappa shape index (κ2) is 7.89. The smallest absolute Gasteiger partial charge is 0.0730 e. The van der Waals surface area contributed by atoms with E-state index in [-0.39, 0.29) is 0 Å². The van der Waals surface area contributed by atoms with Crippen LogP contribution in [0.25, 0.3) is 21.8 Å². The fraction of sp³-hybridized carbons (Fsp3) is 0.240. The average Bonchev–Trinajstić information content (AvgIpc) is 2.70. The van der Waals surface area contributed by atoms with E-state index >= 15 is 0 Å². The van der Waals surface area contributed by atoms with E-state index < -0.39 is 0 Å². The molecule has 0 radical (unpaired) electrons. The lowest BCUT2D eigenvalue weighted by Crippen LogP contribution is -2.01. The Balaban J connectivity index is 1.59. The summed E-state index contributed by atoms with van der Waals surface area (Å²) < 4.78 is 0. The van der Waals surface area contributed by atoms with Gasteiger partial charge in [0.05, 0.1) is 11.0 Å². The number of fused-ring (bicyclic) bond motifs is 2. The Labute approximate surface area is 166 Å². The van der Waals surface area contributed by atoms with Crippen LogP contribution >= 0.6 is 0 Å². The van der Waals surface area contributed by atoms with Gasteiger partial charge in [0.1, 0.15) is 0 Å². The van der Waals surface area contributed by atoms with Crippen molar-refractivity contribution in [1.29, 1.82) is 0 Å². The number of hydrogen-bond donors (Lipinski definition) is 2. The van der Waals surface area contributed by atoms with Crippen molar-refractivity contribution < 1.29 is 0 Å². The molecule has 0 amide bonds. The highest BCUT2D eigenvalue weighted by Crippen LogP contribution is 2.24. The maximum absolute atomic E-state index is 5.91. The molecule has 0 aliphatic heterocycles. The molecule has 0 bridgehead atoms. The number of anilines is 2. The quantitative estimate of drug-likeness (QED) is 0.319. The fourth-order valence-electron chi connectivity index (χ4n) is 3.73. The van der Waals surface area contributed by atoms with Crippen LogP contribution < -0.4 is 11.1 Å². The standard InChI is InChI=1S/C25H27N3/c1-3-5-18-10-17(4-2)11-19(12-18)16-27-23-9-7-21-13-20-6-8-22(26)14-24(20)28-25(21)15-23/h6-15,27H,3-5,16,26H2,1-2H3. The third kappa shape index (κ3) is 3.94. The summed E-state index contributed by atoms with van der Waals surface area (Å²) in [4.78, 5) is 4.80. The van der Waals surface area contributed by atoms with Gasteiger partial charge in [0.2, 0.25) is 0 Å². The number of aryl methyl sites for hydroxylation is 2. The van der Waals surface area contributed by atoms with Gasteiger partial charge in [0.15, 0.2) is 0 Å². The number of nitrogens with zero attached hydrogens (tertiary/aromatic N) is 1. The van der Waals surface area contributed by atoms with Gasteiger partial charge in [-0.15, -0.1) is 0 Å².